The lowest BCUT2D eigenvalue weighted by Crippen LogP contribution is -2.38. The molecular formula is C25H28N2O6S. The second kappa shape index (κ2) is 10.6. The number of ether oxygens (including phenoxy) is 1. The number of ketones is 2. The first-order valence-corrected chi connectivity index (χ1v) is 12.7. The van der Waals surface area contributed by atoms with Crippen molar-refractivity contribution in [3.8, 4) is 0 Å². The van der Waals surface area contributed by atoms with Crippen molar-refractivity contribution in [2.75, 3.05) is 24.4 Å². The van der Waals surface area contributed by atoms with Gasteiger partial charge in [0, 0.05) is 29.9 Å². The Labute approximate surface area is 199 Å². The number of esters is 1. The Hall–Kier alpha value is -3.46. The highest BCUT2D eigenvalue weighted by Crippen LogP contribution is 2.32. The van der Waals surface area contributed by atoms with Gasteiger partial charge in [-0.25, -0.2) is 13.2 Å². The van der Waals surface area contributed by atoms with E-state index < -0.39 is 32.5 Å². The van der Waals surface area contributed by atoms with E-state index in [2.05, 4.69) is 4.72 Å². The van der Waals surface area contributed by atoms with Crippen molar-refractivity contribution < 1.29 is 27.5 Å². The van der Waals surface area contributed by atoms with Crippen molar-refractivity contribution in [1.29, 1.82) is 0 Å². The summed E-state index contributed by atoms with van der Waals surface area (Å²) in [6.45, 7) is 6.60. The summed E-state index contributed by atoms with van der Waals surface area (Å²) in [6, 6.07) is 11.9. The van der Waals surface area contributed by atoms with Crippen molar-refractivity contribution in [3.63, 3.8) is 0 Å². The van der Waals surface area contributed by atoms with Gasteiger partial charge in [-0.2, -0.15) is 0 Å². The highest BCUT2D eigenvalue weighted by molar-refractivity contribution is 7.97. The molecule has 0 amide bonds. The number of hydrogen-bond donors (Lipinski definition) is 1. The first kappa shape index (κ1) is 25.2. The number of carbonyl (C=O) groups is 3. The zero-order valence-electron chi connectivity index (χ0n) is 19.5. The van der Waals surface area contributed by atoms with E-state index >= 15 is 0 Å². The Morgan fingerprint density at radius 3 is 1.97 bits per heavy atom. The fourth-order valence-corrected chi connectivity index (χ4v) is 5.23. The lowest BCUT2D eigenvalue weighted by atomic mass is 9.91. The van der Waals surface area contributed by atoms with Crippen LogP contribution in [0.3, 0.4) is 0 Å². The molecule has 0 saturated carbocycles. The number of rotatable bonds is 10. The number of anilines is 1. The molecule has 0 unspecified atom stereocenters. The quantitative estimate of drug-likeness (QED) is 0.507. The Morgan fingerprint density at radius 2 is 1.44 bits per heavy atom. The van der Waals surface area contributed by atoms with Crippen molar-refractivity contribution >= 4 is 33.2 Å². The topological polar surface area (TPSA) is 110 Å². The third-order valence-electron chi connectivity index (χ3n) is 5.27. The molecule has 2 aromatic rings. The maximum absolute atomic E-state index is 13.5. The van der Waals surface area contributed by atoms with Crippen LogP contribution in [0.1, 0.15) is 64.7 Å². The maximum Gasteiger partial charge on any atom is 0.338 e. The summed E-state index contributed by atoms with van der Waals surface area (Å²) < 4.78 is 34.3. The highest BCUT2D eigenvalue weighted by Gasteiger charge is 2.41. The molecule has 180 valence electrons. The smallest absolute Gasteiger partial charge is 0.338 e. The summed E-state index contributed by atoms with van der Waals surface area (Å²) in [5.74, 6) is -1.74. The molecule has 2 aromatic carbocycles. The van der Waals surface area contributed by atoms with E-state index in [0.717, 1.165) is 0 Å². The summed E-state index contributed by atoms with van der Waals surface area (Å²) in [5, 5.41) is 0. The molecule has 0 bridgehead atoms. The minimum atomic E-state index is -4.43. The normalized spacial score (nSPS) is 13.5. The van der Waals surface area contributed by atoms with Crippen molar-refractivity contribution in [2.24, 2.45) is 0 Å². The maximum atomic E-state index is 13.5. The third-order valence-corrected chi connectivity index (χ3v) is 6.69. The molecule has 0 aromatic heterocycles. The number of allylic oxidation sites excluding steroid dienone is 2. The van der Waals surface area contributed by atoms with Crippen LogP contribution in [-0.2, 0) is 14.8 Å². The molecule has 1 aliphatic rings. The average molecular weight is 485 g/mol. The molecule has 0 atom stereocenters. The van der Waals surface area contributed by atoms with Gasteiger partial charge in [-0.1, -0.05) is 38.1 Å². The molecule has 3 rings (SSSR count). The molecule has 0 fully saturated rings. The van der Waals surface area contributed by atoms with Crippen LogP contribution in [0, 0.1) is 0 Å². The Morgan fingerprint density at radius 1 is 0.882 bits per heavy atom. The average Bonchev–Trinajstić information content (AvgIpc) is 2.81. The van der Waals surface area contributed by atoms with Gasteiger partial charge in [0.15, 0.2) is 4.91 Å². The largest absolute Gasteiger partial charge is 0.462 e. The van der Waals surface area contributed by atoms with Gasteiger partial charge in [-0.3, -0.25) is 14.3 Å². The predicted octanol–water partition coefficient (Wildman–Crippen LogP) is 4.02. The summed E-state index contributed by atoms with van der Waals surface area (Å²) in [5.41, 5.74) is 0.555. The lowest BCUT2D eigenvalue weighted by molar-refractivity contribution is 0.0526. The van der Waals surface area contributed by atoms with Crippen LogP contribution >= 0.6 is 0 Å². The molecule has 0 aliphatic heterocycles. The molecule has 0 radical (unpaired) electrons. The zero-order chi connectivity index (χ0) is 24.9. The Bertz CT molecular complexity index is 1230. The second-order valence-electron chi connectivity index (χ2n) is 7.77. The standard InChI is InChI=1S/C25H28N2O6S/c1-4-15-27(16-5-2)21-22(28)19-9-7-8-10-20(19)23(29)24(21)34(31,32)26-18-13-11-17(12-14-18)25(30)33-6-3/h7-14,26H,4-6,15-16H2,1-3H3. The number of sulfonamides is 1. The van der Waals surface area contributed by atoms with E-state index in [4.69, 9.17) is 4.74 Å². The molecule has 1 N–H and O–H groups in total. The number of nitrogens with one attached hydrogen (secondary N) is 1. The highest BCUT2D eigenvalue weighted by atomic mass is 32.2. The SMILES string of the molecule is CCCN(CCC)C1=C(S(=O)(=O)Nc2ccc(C(=O)OCC)cc2)C(=O)c2ccccc2C1=O. The molecule has 34 heavy (non-hydrogen) atoms. The van der Waals surface area contributed by atoms with Gasteiger partial charge < -0.3 is 9.64 Å². The molecule has 8 nitrogen and oxygen atoms in total. The van der Waals surface area contributed by atoms with Crippen molar-refractivity contribution in [1.82, 2.24) is 4.90 Å². The van der Waals surface area contributed by atoms with Gasteiger partial charge in [-0.05, 0) is 44.0 Å². The molecule has 1 aliphatic carbocycles. The lowest BCUT2D eigenvalue weighted by Gasteiger charge is -2.31. The van der Waals surface area contributed by atoms with E-state index in [0.29, 0.717) is 25.9 Å². The van der Waals surface area contributed by atoms with Gasteiger partial charge in [0.05, 0.1) is 12.2 Å². The Kier molecular flexibility index (Phi) is 7.88. The number of benzene rings is 2. The van der Waals surface area contributed by atoms with E-state index in [1.165, 1.54) is 36.4 Å². The third kappa shape index (κ3) is 5.04. The van der Waals surface area contributed by atoms with Gasteiger partial charge in [-0.15, -0.1) is 0 Å². The van der Waals surface area contributed by atoms with Crippen LogP contribution < -0.4 is 4.72 Å². The number of hydrogen-bond acceptors (Lipinski definition) is 7. The van der Waals surface area contributed by atoms with E-state index in [1.807, 2.05) is 13.8 Å². The molecule has 0 heterocycles. The van der Waals surface area contributed by atoms with Crippen LogP contribution in [0.4, 0.5) is 5.69 Å². The van der Waals surface area contributed by atoms with Gasteiger partial charge in [0.2, 0.25) is 11.6 Å². The molecule has 0 saturated heterocycles. The van der Waals surface area contributed by atoms with Gasteiger partial charge >= 0.3 is 5.97 Å². The zero-order valence-corrected chi connectivity index (χ0v) is 20.3. The second-order valence-corrected chi connectivity index (χ2v) is 9.39. The fraction of sp³-hybridized carbons (Fsp3) is 0.320. The van der Waals surface area contributed by atoms with Gasteiger partial charge in [0.25, 0.3) is 10.0 Å². The van der Waals surface area contributed by atoms with Crippen molar-refractivity contribution in [3.05, 3.63) is 75.8 Å². The van der Waals surface area contributed by atoms with Crippen LogP contribution in [0.25, 0.3) is 0 Å². The minimum absolute atomic E-state index is 0.0576. The van der Waals surface area contributed by atoms with Crippen LogP contribution in [0.2, 0.25) is 0 Å². The van der Waals surface area contributed by atoms with E-state index in [9.17, 15) is 22.8 Å². The summed E-state index contributed by atoms with van der Waals surface area (Å²) in [6.07, 6.45) is 1.34. The molecular weight excluding hydrogens is 456 g/mol. The van der Waals surface area contributed by atoms with Crippen LogP contribution in [-0.4, -0.2) is 50.5 Å². The Balaban J connectivity index is 2.09. The first-order valence-electron chi connectivity index (χ1n) is 11.2. The predicted molar refractivity (Wildman–Crippen MR) is 129 cm³/mol. The summed E-state index contributed by atoms with van der Waals surface area (Å²) >= 11 is 0. The van der Waals surface area contributed by atoms with Crippen molar-refractivity contribution in [2.45, 2.75) is 33.6 Å². The van der Waals surface area contributed by atoms with Gasteiger partial charge in [0.1, 0.15) is 5.70 Å². The van der Waals surface area contributed by atoms with Crippen LogP contribution in [0.15, 0.2) is 59.1 Å². The number of fused-ring (bicyclic) bond motifs is 1. The van der Waals surface area contributed by atoms with E-state index in [-0.39, 0.29) is 34.7 Å². The molecule has 9 heteroatoms. The minimum Gasteiger partial charge on any atom is -0.462 e. The summed E-state index contributed by atoms with van der Waals surface area (Å²) in [4.78, 5) is 39.9. The van der Waals surface area contributed by atoms with E-state index in [1.54, 1.807) is 24.0 Å². The number of Topliss-reactive ketones (excluding diaryl/α,β-unsaturated/α-hetero) is 2. The fourth-order valence-electron chi connectivity index (χ4n) is 3.85. The number of carbonyl (C=O) groups excluding carboxylic acids is 3. The number of nitrogens with zero attached hydrogens (tertiary/aromatic N) is 1. The monoisotopic (exact) mass is 484 g/mol. The summed E-state index contributed by atoms with van der Waals surface area (Å²) in [7, 11) is -4.43. The first-order chi connectivity index (χ1) is 16.2. The molecule has 0 spiro atoms. The van der Waals surface area contributed by atoms with Crippen LogP contribution in [0.5, 0.6) is 0 Å².